The third kappa shape index (κ3) is 3.40. The summed E-state index contributed by atoms with van der Waals surface area (Å²) in [6.07, 6.45) is 6.97. The molecular formula is C21H23NO3. The van der Waals surface area contributed by atoms with Crippen molar-refractivity contribution in [3.8, 4) is 11.5 Å². The highest BCUT2D eigenvalue weighted by Gasteiger charge is 2.36. The van der Waals surface area contributed by atoms with Gasteiger partial charge in [-0.15, -0.1) is 0 Å². The minimum absolute atomic E-state index is 0.387. The van der Waals surface area contributed by atoms with Crippen LogP contribution in [0.15, 0.2) is 48.5 Å². The molecule has 130 valence electrons. The zero-order valence-electron chi connectivity index (χ0n) is 14.2. The lowest BCUT2D eigenvalue weighted by Gasteiger charge is -2.42. The van der Waals surface area contributed by atoms with E-state index in [0.717, 1.165) is 23.5 Å². The molecule has 2 N–H and O–H groups in total. The number of carbonyl (C=O) groups excluding carboxylic acids is 1. The fourth-order valence-corrected chi connectivity index (χ4v) is 4.44. The van der Waals surface area contributed by atoms with Crippen molar-refractivity contribution in [1.82, 2.24) is 5.48 Å². The zero-order chi connectivity index (χ0) is 17.2. The van der Waals surface area contributed by atoms with E-state index in [0.29, 0.717) is 11.3 Å². The van der Waals surface area contributed by atoms with Crippen molar-refractivity contribution in [1.29, 1.82) is 0 Å². The smallest absolute Gasteiger partial charge is 0.274 e. The first-order chi connectivity index (χ1) is 12.2. The van der Waals surface area contributed by atoms with Gasteiger partial charge in [0, 0.05) is 5.56 Å². The molecule has 3 aliphatic rings. The number of ether oxygens (including phenoxy) is 1. The summed E-state index contributed by atoms with van der Waals surface area (Å²) in [5.41, 5.74) is 3.45. The lowest BCUT2D eigenvalue weighted by atomic mass is 9.63. The van der Waals surface area contributed by atoms with Gasteiger partial charge in [-0.05, 0) is 79.0 Å². The number of hydrogen-bond acceptors (Lipinski definition) is 3. The van der Waals surface area contributed by atoms with Crippen LogP contribution in [0.4, 0.5) is 0 Å². The third-order valence-electron chi connectivity index (χ3n) is 5.81. The molecule has 0 spiro atoms. The predicted octanol–water partition coefficient (Wildman–Crippen LogP) is 4.89. The molecule has 4 heteroatoms. The van der Waals surface area contributed by atoms with Crippen LogP contribution in [0.5, 0.6) is 11.5 Å². The van der Waals surface area contributed by atoms with E-state index in [-0.39, 0.29) is 0 Å². The van der Waals surface area contributed by atoms with Crippen LogP contribution in [0.2, 0.25) is 0 Å². The summed E-state index contributed by atoms with van der Waals surface area (Å²) in [6, 6.07) is 15.2. The highest BCUT2D eigenvalue weighted by Crippen LogP contribution is 2.49. The average molecular weight is 337 g/mol. The van der Waals surface area contributed by atoms with Crippen molar-refractivity contribution in [3.05, 3.63) is 59.7 Å². The molecule has 1 atom stereocenters. The lowest BCUT2D eigenvalue weighted by molar-refractivity contribution is 0.0706. The normalized spacial score (nSPS) is 24.8. The molecule has 1 amide bonds. The summed E-state index contributed by atoms with van der Waals surface area (Å²) in [5.74, 6) is 3.45. The van der Waals surface area contributed by atoms with Gasteiger partial charge in [0.25, 0.3) is 5.91 Å². The highest BCUT2D eigenvalue weighted by molar-refractivity contribution is 5.93. The van der Waals surface area contributed by atoms with E-state index in [1.165, 1.54) is 37.7 Å². The van der Waals surface area contributed by atoms with E-state index in [1.807, 2.05) is 12.1 Å². The Labute approximate surface area is 147 Å². The van der Waals surface area contributed by atoms with Gasteiger partial charge in [0.05, 0.1) is 0 Å². The molecule has 2 aromatic carbocycles. The Morgan fingerprint density at radius 1 is 0.920 bits per heavy atom. The fourth-order valence-electron chi connectivity index (χ4n) is 4.44. The fraction of sp³-hybridized carbons (Fsp3) is 0.381. The first kappa shape index (κ1) is 16.2. The number of fused-ring (bicyclic) bond motifs is 3. The largest absolute Gasteiger partial charge is 0.457 e. The predicted molar refractivity (Wildman–Crippen MR) is 95.0 cm³/mol. The maximum Gasteiger partial charge on any atom is 0.274 e. The Bertz CT molecular complexity index is 731. The molecule has 5 rings (SSSR count). The molecule has 1 unspecified atom stereocenters. The van der Waals surface area contributed by atoms with Gasteiger partial charge in [-0.1, -0.05) is 25.0 Å². The molecule has 3 aliphatic carbocycles. The number of hydrogen-bond donors (Lipinski definition) is 2. The van der Waals surface area contributed by atoms with E-state index < -0.39 is 5.91 Å². The van der Waals surface area contributed by atoms with E-state index in [4.69, 9.17) is 9.94 Å². The molecule has 25 heavy (non-hydrogen) atoms. The minimum atomic E-state index is -0.530. The minimum Gasteiger partial charge on any atom is -0.457 e. The van der Waals surface area contributed by atoms with Crippen molar-refractivity contribution in [2.24, 2.45) is 11.8 Å². The molecule has 3 fully saturated rings. The SMILES string of the molecule is O=C(NO)c1ccc(Oc2ccc(C3CC4CCC3CC4)cc2)cc1. The standard InChI is InChI=1S/C21H23NO3/c23-21(22-24)17-7-11-19(12-8-17)25-18-9-5-16(6-10-18)20-13-14-1-3-15(20)4-2-14/h5-12,14-15,20,24H,1-4,13H2,(H,22,23). The van der Waals surface area contributed by atoms with Crippen LogP contribution in [0, 0.1) is 11.8 Å². The summed E-state index contributed by atoms with van der Waals surface area (Å²) in [7, 11) is 0. The molecule has 4 nitrogen and oxygen atoms in total. The average Bonchev–Trinajstić information content (AvgIpc) is 2.69. The maximum atomic E-state index is 11.3. The number of amides is 1. The zero-order valence-corrected chi connectivity index (χ0v) is 14.2. The van der Waals surface area contributed by atoms with Crippen LogP contribution in [-0.4, -0.2) is 11.1 Å². The second-order valence-electron chi connectivity index (χ2n) is 7.26. The van der Waals surface area contributed by atoms with Crippen LogP contribution in [-0.2, 0) is 0 Å². The summed E-state index contributed by atoms with van der Waals surface area (Å²) in [5, 5.41) is 8.63. The summed E-state index contributed by atoms with van der Waals surface area (Å²) in [6.45, 7) is 0. The van der Waals surface area contributed by atoms with Crippen molar-refractivity contribution in [3.63, 3.8) is 0 Å². The van der Waals surface area contributed by atoms with Crippen LogP contribution in [0.25, 0.3) is 0 Å². The van der Waals surface area contributed by atoms with E-state index in [1.54, 1.807) is 29.7 Å². The van der Waals surface area contributed by atoms with Crippen LogP contribution in [0.3, 0.4) is 0 Å². The summed E-state index contributed by atoms with van der Waals surface area (Å²) >= 11 is 0. The van der Waals surface area contributed by atoms with Crippen LogP contribution >= 0.6 is 0 Å². The number of benzene rings is 2. The molecule has 0 heterocycles. The molecule has 2 bridgehead atoms. The van der Waals surface area contributed by atoms with Crippen LogP contribution < -0.4 is 10.2 Å². The molecular weight excluding hydrogens is 314 g/mol. The van der Waals surface area contributed by atoms with Gasteiger partial charge in [-0.3, -0.25) is 10.0 Å². The lowest BCUT2D eigenvalue weighted by Crippen LogP contribution is -2.29. The summed E-state index contributed by atoms with van der Waals surface area (Å²) < 4.78 is 5.86. The van der Waals surface area contributed by atoms with Gasteiger partial charge in [0.15, 0.2) is 0 Å². The van der Waals surface area contributed by atoms with Crippen molar-refractivity contribution >= 4 is 5.91 Å². The topological polar surface area (TPSA) is 58.6 Å². The van der Waals surface area contributed by atoms with Gasteiger partial charge < -0.3 is 4.74 Å². The van der Waals surface area contributed by atoms with Gasteiger partial charge in [0.1, 0.15) is 11.5 Å². The molecule has 2 aromatic rings. The number of carbonyl (C=O) groups is 1. The van der Waals surface area contributed by atoms with E-state index >= 15 is 0 Å². The molecule has 0 saturated heterocycles. The Morgan fingerprint density at radius 3 is 2.04 bits per heavy atom. The Balaban J connectivity index is 1.43. The van der Waals surface area contributed by atoms with Crippen molar-refractivity contribution in [2.45, 2.75) is 38.0 Å². The maximum absolute atomic E-state index is 11.3. The Hall–Kier alpha value is -2.33. The highest BCUT2D eigenvalue weighted by atomic mass is 16.5. The number of rotatable bonds is 4. The molecule has 0 aliphatic heterocycles. The molecule has 0 aromatic heterocycles. The monoisotopic (exact) mass is 337 g/mol. The van der Waals surface area contributed by atoms with Gasteiger partial charge in [0.2, 0.25) is 0 Å². The Morgan fingerprint density at radius 2 is 1.52 bits per heavy atom. The second-order valence-corrected chi connectivity index (χ2v) is 7.26. The van der Waals surface area contributed by atoms with Gasteiger partial charge >= 0.3 is 0 Å². The van der Waals surface area contributed by atoms with Gasteiger partial charge in [-0.2, -0.15) is 0 Å². The van der Waals surface area contributed by atoms with Crippen molar-refractivity contribution in [2.75, 3.05) is 0 Å². The Kier molecular flexibility index (Phi) is 4.45. The van der Waals surface area contributed by atoms with Gasteiger partial charge in [-0.25, -0.2) is 5.48 Å². The number of nitrogens with one attached hydrogen (secondary N) is 1. The first-order valence-corrected chi connectivity index (χ1v) is 9.05. The summed E-state index contributed by atoms with van der Waals surface area (Å²) in [4.78, 5) is 11.3. The van der Waals surface area contributed by atoms with E-state index in [2.05, 4.69) is 12.1 Å². The second kappa shape index (κ2) is 6.89. The van der Waals surface area contributed by atoms with Crippen molar-refractivity contribution < 1.29 is 14.7 Å². The number of hydroxylamine groups is 1. The quantitative estimate of drug-likeness (QED) is 0.617. The molecule has 0 radical (unpaired) electrons. The van der Waals surface area contributed by atoms with Crippen LogP contribution in [0.1, 0.15) is 53.9 Å². The third-order valence-corrected chi connectivity index (χ3v) is 5.81. The molecule has 3 saturated carbocycles. The first-order valence-electron chi connectivity index (χ1n) is 9.05. The van der Waals surface area contributed by atoms with E-state index in [9.17, 15) is 4.79 Å².